The molecule has 0 amide bonds. The van der Waals surface area contributed by atoms with Crippen LogP contribution in [-0.4, -0.2) is 4.89 Å². The van der Waals surface area contributed by atoms with Gasteiger partial charge in [-0.2, -0.15) is 0 Å². The van der Waals surface area contributed by atoms with Gasteiger partial charge in [0, 0.05) is 0 Å². The predicted octanol–water partition coefficient (Wildman–Crippen LogP) is 3.00. The predicted molar refractivity (Wildman–Crippen MR) is 70.2 cm³/mol. The Labute approximate surface area is 106 Å². The number of hydrogen-bond donors (Lipinski definition) is 1. The summed E-state index contributed by atoms with van der Waals surface area (Å²) < 4.78 is 17.0. The number of benzene rings is 2. The largest absolute Gasteiger partial charge is 0.421 e. The molecule has 2 aromatic carbocycles. The van der Waals surface area contributed by atoms with Crippen LogP contribution >= 0.6 is 20.0 Å². The van der Waals surface area contributed by atoms with E-state index in [1.807, 2.05) is 6.07 Å². The quantitative estimate of drug-likeness (QED) is 0.872. The second-order valence-corrected chi connectivity index (χ2v) is 5.00. The molecule has 17 heavy (non-hydrogen) atoms. The van der Waals surface area contributed by atoms with E-state index in [2.05, 4.69) is 0 Å². The Hall–Kier alpha value is -1.28. The van der Waals surface area contributed by atoms with E-state index in [1.54, 1.807) is 54.6 Å². The summed E-state index contributed by atoms with van der Waals surface area (Å²) in [7, 11) is -3.77. The van der Waals surface area contributed by atoms with E-state index in [-0.39, 0.29) is 12.4 Å². The third-order valence-corrected chi connectivity index (χ3v) is 3.46. The summed E-state index contributed by atoms with van der Waals surface area (Å²) in [6.07, 6.45) is 0. The van der Waals surface area contributed by atoms with Crippen molar-refractivity contribution in [2.24, 2.45) is 0 Å². The lowest BCUT2D eigenvalue weighted by Gasteiger charge is -2.12. The summed E-state index contributed by atoms with van der Waals surface area (Å²) in [6.45, 7) is 0. The van der Waals surface area contributed by atoms with Crippen LogP contribution in [0.2, 0.25) is 0 Å². The van der Waals surface area contributed by atoms with E-state index in [0.717, 1.165) is 0 Å². The summed E-state index contributed by atoms with van der Waals surface area (Å²) in [4.78, 5) is 9.77. The first-order chi connectivity index (χ1) is 7.68. The Balaban J connectivity index is 0.00000144. The summed E-state index contributed by atoms with van der Waals surface area (Å²) in [5.74, 6) is 0.386. The van der Waals surface area contributed by atoms with Gasteiger partial charge < -0.3 is 9.42 Å². The van der Waals surface area contributed by atoms with E-state index in [4.69, 9.17) is 4.52 Å². The van der Waals surface area contributed by atoms with Gasteiger partial charge in [-0.05, 0) is 24.3 Å². The molecule has 0 fully saturated rings. The molecule has 0 saturated carbocycles. The van der Waals surface area contributed by atoms with E-state index in [1.165, 1.54) is 0 Å². The summed E-state index contributed by atoms with van der Waals surface area (Å²) in [5, 5.41) is 0.291. The molecule has 0 radical (unpaired) electrons. The van der Waals surface area contributed by atoms with Crippen LogP contribution in [0.1, 0.15) is 0 Å². The Morgan fingerprint density at radius 3 is 1.88 bits per heavy atom. The summed E-state index contributed by atoms with van der Waals surface area (Å²) in [6, 6.07) is 16.9. The zero-order valence-electron chi connectivity index (χ0n) is 8.89. The molecule has 0 aliphatic rings. The zero-order chi connectivity index (χ0) is 11.4. The van der Waals surface area contributed by atoms with E-state index >= 15 is 0 Å². The maximum Gasteiger partial charge on any atom is 0.408 e. The smallest absolute Gasteiger partial charge is 0.408 e. The lowest BCUT2D eigenvalue weighted by atomic mass is 10.3. The minimum absolute atomic E-state index is 0. The molecular weight excluding hydrogens is 259 g/mol. The molecule has 90 valence electrons. The molecule has 3 nitrogen and oxygen atoms in total. The van der Waals surface area contributed by atoms with Gasteiger partial charge in [0.25, 0.3) is 0 Å². The van der Waals surface area contributed by atoms with Crippen molar-refractivity contribution in [2.45, 2.75) is 0 Å². The molecule has 0 heterocycles. The van der Waals surface area contributed by atoms with Crippen molar-refractivity contribution in [1.82, 2.24) is 0 Å². The maximum absolute atomic E-state index is 11.9. The van der Waals surface area contributed by atoms with Crippen LogP contribution < -0.4 is 9.83 Å². The first-order valence-electron chi connectivity index (χ1n) is 4.81. The van der Waals surface area contributed by atoms with Crippen molar-refractivity contribution in [3.8, 4) is 5.75 Å². The number of hydrogen-bond acceptors (Lipinski definition) is 2. The Bertz CT molecular complexity index is 502. The van der Waals surface area contributed by atoms with Crippen LogP contribution in [-0.2, 0) is 4.57 Å². The molecule has 0 spiro atoms. The average Bonchev–Trinajstić information content (AvgIpc) is 2.31. The number of para-hydroxylation sites is 1. The SMILES string of the molecule is Cl.O=P(O)(Oc1ccccc1)c1ccccc1. The van der Waals surface area contributed by atoms with Crippen molar-refractivity contribution in [1.29, 1.82) is 0 Å². The van der Waals surface area contributed by atoms with Gasteiger partial charge in [-0.15, -0.1) is 12.4 Å². The van der Waals surface area contributed by atoms with Gasteiger partial charge in [0.2, 0.25) is 0 Å². The monoisotopic (exact) mass is 270 g/mol. The highest BCUT2D eigenvalue weighted by Crippen LogP contribution is 2.41. The molecule has 2 aromatic rings. The van der Waals surface area contributed by atoms with Gasteiger partial charge in [0.15, 0.2) is 0 Å². The maximum atomic E-state index is 11.9. The first-order valence-corrected chi connectivity index (χ1v) is 6.39. The Kier molecular flexibility index (Phi) is 4.76. The highest BCUT2D eigenvalue weighted by Gasteiger charge is 2.23. The summed E-state index contributed by atoms with van der Waals surface area (Å²) >= 11 is 0. The molecule has 1 unspecified atom stereocenters. The number of halogens is 1. The van der Waals surface area contributed by atoms with Crippen LogP contribution in [0, 0.1) is 0 Å². The fraction of sp³-hybridized carbons (Fsp3) is 0. The average molecular weight is 271 g/mol. The van der Waals surface area contributed by atoms with Crippen LogP contribution in [0.3, 0.4) is 0 Å². The summed E-state index contributed by atoms with van der Waals surface area (Å²) in [5.41, 5.74) is 0. The molecule has 0 aliphatic carbocycles. The molecule has 2 rings (SSSR count). The van der Waals surface area contributed by atoms with Crippen molar-refractivity contribution in [3.05, 3.63) is 60.7 Å². The van der Waals surface area contributed by atoms with Crippen LogP contribution in [0.4, 0.5) is 0 Å². The van der Waals surface area contributed by atoms with E-state index in [9.17, 15) is 9.46 Å². The van der Waals surface area contributed by atoms with Crippen LogP contribution in [0.5, 0.6) is 5.75 Å². The fourth-order valence-electron chi connectivity index (χ4n) is 1.29. The molecule has 5 heteroatoms. The van der Waals surface area contributed by atoms with Gasteiger partial charge in [-0.3, -0.25) is 0 Å². The second-order valence-electron chi connectivity index (χ2n) is 3.26. The Morgan fingerprint density at radius 1 is 0.882 bits per heavy atom. The van der Waals surface area contributed by atoms with Crippen LogP contribution in [0.15, 0.2) is 60.7 Å². The third-order valence-electron chi connectivity index (χ3n) is 2.05. The molecular formula is C12H12ClO3P. The minimum Gasteiger partial charge on any atom is -0.421 e. The van der Waals surface area contributed by atoms with Crippen LogP contribution in [0.25, 0.3) is 0 Å². The third kappa shape index (κ3) is 3.60. The molecule has 1 N–H and O–H groups in total. The first kappa shape index (κ1) is 13.8. The Morgan fingerprint density at radius 2 is 1.35 bits per heavy atom. The van der Waals surface area contributed by atoms with Gasteiger partial charge in [-0.25, -0.2) is 4.57 Å². The second kappa shape index (κ2) is 5.87. The van der Waals surface area contributed by atoms with Crippen molar-refractivity contribution in [2.75, 3.05) is 0 Å². The van der Waals surface area contributed by atoms with Gasteiger partial charge in [0.1, 0.15) is 5.75 Å². The topological polar surface area (TPSA) is 46.5 Å². The highest BCUT2D eigenvalue weighted by atomic mass is 35.5. The number of rotatable bonds is 3. The molecule has 0 saturated heterocycles. The van der Waals surface area contributed by atoms with E-state index < -0.39 is 7.60 Å². The minimum atomic E-state index is -3.77. The standard InChI is InChI=1S/C12H11O3P.ClH/c13-16(14,12-9-5-2-6-10-12)15-11-7-3-1-4-8-11;/h1-10H,(H,13,14);1H. The molecule has 0 aliphatic heterocycles. The van der Waals surface area contributed by atoms with Crippen molar-refractivity contribution in [3.63, 3.8) is 0 Å². The van der Waals surface area contributed by atoms with Gasteiger partial charge >= 0.3 is 7.60 Å². The van der Waals surface area contributed by atoms with E-state index in [0.29, 0.717) is 11.1 Å². The highest BCUT2D eigenvalue weighted by molar-refractivity contribution is 7.61. The van der Waals surface area contributed by atoms with Gasteiger partial charge in [0.05, 0.1) is 5.30 Å². The normalized spacial score (nSPS) is 13.2. The lowest BCUT2D eigenvalue weighted by Crippen LogP contribution is -2.08. The van der Waals surface area contributed by atoms with Crippen molar-refractivity contribution < 1.29 is 14.0 Å². The fourth-order valence-corrected chi connectivity index (χ4v) is 2.36. The molecule has 0 bridgehead atoms. The molecule has 0 aromatic heterocycles. The lowest BCUT2D eigenvalue weighted by molar-refractivity contribution is 0.393. The zero-order valence-corrected chi connectivity index (χ0v) is 10.6. The van der Waals surface area contributed by atoms with Crippen molar-refractivity contribution >= 4 is 25.3 Å². The molecule has 1 atom stereocenters. The van der Waals surface area contributed by atoms with Gasteiger partial charge in [-0.1, -0.05) is 36.4 Å².